The van der Waals surface area contributed by atoms with Gasteiger partial charge in [-0.15, -0.1) is 0 Å². The Balaban J connectivity index is 1.66. The lowest BCUT2D eigenvalue weighted by Gasteiger charge is -2.29. The van der Waals surface area contributed by atoms with Crippen LogP contribution in [0.1, 0.15) is 45.0 Å². The molecule has 2 amide bonds. The Morgan fingerprint density at radius 2 is 2.00 bits per heavy atom. The highest BCUT2D eigenvalue weighted by Gasteiger charge is 2.35. The van der Waals surface area contributed by atoms with Gasteiger partial charge in [-0.3, -0.25) is 19.7 Å². The first-order chi connectivity index (χ1) is 13.6. The van der Waals surface area contributed by atoms with Gasteiger partial charge in [-0.1, -0.05) is 0 Å². The van der Waals surface area contributed by atoms with Crippen molar-refractivity contribution in [2.75, 3.05) is 19.6 Å². The minimum absolute atomic E-state index is 0.137. The molecule has 28 heavy (non-hydrogen) atoms. The first-order valence-corrected chi connectivity index (χ1v) is 9.06. The Morgan fingerprint density at radius 1 is 1.18 bits per heavy atom. The smallest absolute Gasteiger partial charge is 0.289 e. The molecule has 0 radical (unpaired) electrons. The predicted octanol–water partition coefficient (Wildman–Crippen LogP) is 1.83. The maximum absolute atomic E-state index is 13.2. The Hall–Kier alpha value is -3.49. The van der Waals surface area contributed by atoms with E-state index < -0.39 is 6.04 Å². The number of hydrogen-bond donors (Lipinski definition) is 1. The van der Waals surface area contributed by atoms with Crippen molar-refractivity contribution in [3.8, 4) is 0 Å². The molecule has 4 heterocycles. The van der Waals surface area contributed by atoms with Gasteiger partial charge in [-0.05, 0) is 37.6 Å². The third-order valence-corrected chi connectivity index (χ3v) is 4.72. The summed E-state index contributed by atoms with van der Waals surface area (Å²) in [6.07, 6.45) is 5.29. The Kier molecular flexibility index (Phi) is 4.88. The second-order valence-corrected chi connectivity index (χ2v) is 6.61. The van der Waals surface area contributed by atoms with E-state index in [0.717, 1.165) is 0 Å². The number of aromatic amines is 1. The second-order valence-electron chi connectivity index (χ2n) is 6.61. The van der Waals surface area contributed by atoms with Gasteiger partial charge in [-0.2, -0.15) is 5.10 Å². The zero-order valence-electron chi connectivity index (χ0n) is 15.4. The Bertz CT molecular complexity index is 953. The van der Waals surface area contributed by atoms with Crippen LogP contribution >= 0.6 is 0 Å². The van der Waals surface area contributed by atoms with Gasteiger partial charge in [0.25, 0.3) is 11.8 Å². The van der Waals surface area contributed by atoms with Crippen LogP contribution in [0.25, 0.3) is 0 Å². The minimum atomic E-state index is -0.466. The van der Waals surface area contributed by atoms with Crippen LogP contribution in [0.15, 0.2) is 47.3 Å². The van der Waals surface area contributed by atoms with E-state index in [4.69, 9.17) is 4.42 Å². The second kappa shape index (κ2) is 7.63. The third kappa shape index (κ3) is 3.51. The summed E-state index contributed by atoms with van der Waals surface area (Å²) in [7, 11) is 0. The number of furan rings is 1. The molecule has 3 aromatic rings. The standard InChI is InChI=1S/C19H20N6O3/c1-13-21-17(23-22-13)15-12-24(19(27)16-4-2-11-28-16)9-3-10-25(15)18(26)14-5-7-20-8-6-14/h2,4-8,11,15H,3,9-10,12H2,1H3,(H,21,22,23). The van der Waals surface area contributed by atoms with Crippen molar-refractivity contribution < 1.29 is 14.0 Å². The summed E-state index contributed by atoms with van der Waals surface area (Å²) >= 11 is 0. The van der Waals surface area contributed by atoms with Crippen molar-refractivity contribution >= 4 is 11.8 Å². The molecule has 1 aliphatic rings. The molecule has 144 valence electrons. The van der Waals surface area contributed by atoms with Gasteiger partial charge in [0, 0.05) is 37.6 Å². The van der Waals surface area contributed by atoms with Crippen molar-refractivity contribution in [1.82, 2.24) is 30.0 Å². The van der Waals surface area contributed by atoms with Crippen LogP contribution in [-0.2, 0) is 0 Å². The van der Waals surface area contributed by atoms with Gasteiger partial charge in [0.05, 0.1) is 6.26 Å². The summed E-state index contributed by atoms with van der Waals surface area (Å²) in [4.78, 5) is 37.8. The average molecular weight is 380 g/mol. The molecule has 1 saturated heterocycles. The van der Waals surface area contributed by atoms with Crippen molar-refractivity contribution in [3.05, 3.63) is 65.9 Å². The number of rotatable bonds is 3. The maximum Gasteiger partial charge on any atom is 0.289 e. The molecule has 0 aliphatic carbocycles. The lowest BCUT2D eigenvalue weighted by atomic mass is 10.1. The van der Waals surface area contributed by atoms with Crippen LogP contribution in [0.3, 0.4) is 0 Å². The molecule has 9 nitrogen and oxygen atoms in total. The average Bonchev–Trinajstić information content (AvgIpc) is 3.35. The number of carbonyl (C=O) groups is 2. The number of nitrogens with zero attached hydrogens (tertiary/aromatic N) is 5. The predicted molar refractivity (Wildman–Crippen MR) is 98.4 cm³/mol. The topological polar surface area (TPSA) is 108 Å². The SMILES string of the molecule is Cc1nc(C2CN(C(=O)c3ccco3)CCCN2C(=O)c2ccncc2)n[nH]1. The molecule has 1 N–H and O–H groups in total. The Labute approximate surface area is 161 Å². The summed E-state index contributed by atoms with van der Waals surface area (Å²) in [6, 6.07) is 6.21. The van der Waals surface area contributed by atoms with Gasteiger partial charge in [0.15, 0.2) is 11.6 Å². The van der Waals surface area contributed by atoms with E-state index in [2.05, 4.69) is 20.2 Å². The van der Waals surface area contributed by atoms with Gasteiger partial charge in [-0.25, -0.2) is 4.98 Å². The van der Waals surface area contributed by atoms with Gasteiger partial charge in [0.2, 0.25) is 0 Å². The van der Waals surface area contributed by atoms with E-state index in [1.807, 2.05) is 0 Å². The summed E-state index contributed by atoms with van der Waals surface area (Å²) in [5, 5.41) is 7.09. The molecule has 0 bridgehead atoms. The highest BCUT2D eigenvalue weighted by molar-refractivity contribution is 5.94. The molecule has 1 atom stereocenters. The fraction of sp³-hybridized carbons (Fsp3) is 0.316. The van der Waals surface area contributed by atoms with Crippen molar-refractivity contribution in [1.29, 1.82) is 0 Å². The maximum atomic E-state index is 13.2. The van der Waals surface area contributed by atoms with Crippen LogP contribution < -0.4 is 0 Å². The van der Waals surface area contributed by atoms with E-state index in [0.29, 0.717) is 36.7 Å². The van der Waals surface area contributed by atoms with Gasteiger partial charge < -0.3 is 14.2 Å². The molecule has 1 unspecified atom stereocenters. The van der Waals surface area contributed by atoms with E-state index in [1.54, 1.807) is 53.4 Å². The number of aryl methyl sites for hydroxylation is 1. The van der Waals surface area contributed by atoms with E-state index in [9.17, 15) is 9.59 Å². The van der Waals surface area contributed by atoms with Crippen LogP contribution in [0.5, 0.6) is 0 Å². The molecular formula is C19H20N6O3. The lowest BCUT2D eigenvalue weighted by Crippen LogP contribution is -2.40. The number of pyridine rings is 1. The number of carbonyl (C=O) groups excluding carboxylic acids is 2. The molecule has 4 rings (SSSR count). The van der Waals surface area contributed by atoms with E-state index in [-0.39, 0.29) is 24.1 Å². The normalized spacial score (nSPS) is 17.4. The number of hydrogen-bond acceptors (Lipinski definition) is 6. The van der Waals surface area contributed by atoms with E-state index >= 15 is 0 Å². The zero-order chi connectivity index (χ0) is 19.5. The first-order valence-electron chi connectivity index (χ1n) is 9.06. The zero-order valence-corrected chi connectivity index (χ0v) is 15.4. The Morgan fingerprint density at radius 3 is 2.68 bits per heavy atom. The largest absolute Gasteiger partial charge is 0.459 e. The van der Waals surface area contributed by atoms with Gasteiger partial charge >= 0.3 is 0 Å². The van der Waals surface area contributed by atoms with Crippen molar-refractivity contribution in [2.45, 2.75) is 19.4 Å². The van der Waals surface area contributed by atoms with Crippen LogP contribution in [0.2, 0.25) is 0 Å². The molecule has 3 aromatic heterocycles. The molecule has 1 fully saturated rings. The monoisotopic (exact) mass is 380 g/mol. The van der Waals surface area contributed by atoms with Crippen LogP contribution in [0.4, 0.5) is 0 Å². The van der Waals surface area contributed by atoms with Crippen molar-refractivity contribution in [3.63, 3.8) is 0 Å². The fourth-order valence-electron chi connectivity index (χ4n) is 3.36. The lowest BCUT2D eigenvalue weighted by molar-refractivity contribution is 0.0611. The van der Waals surface area contributed by atoms with Crippen LogP contribution in [-0.4, -0.2) is 61.4 Å². The number of aromatic nitrogens is 4. The molecule has 0 aromatic carbocycles. The van der Waals surface area contributed by atoms with E-state index in [1.165, 1.54) is 6.26 Å². The highest BCUT2D eigenvalue weighted by Crippen LogP contribution is 2.25. The van der Waals surface area contributed by atoms with Crippen LogP contribution in [0, 0.1) is 6.92 Å². The molecule has 9 heteroatoms. The first kappa shape index (κ1) is 17.9. The van der Waals surface area contributed by atoms with Gasteiger partial charge in [0.1, 0.15) is 11.9 Å². The van der Waals surface area contributed by atoms with Crippen molar-refractivity contribution in [2.24, 2.45) is 0 Å². The summed E-state index contributed by atoms with van der Waals surface area (Å²) in [5.74, 6) is 1.07. The molecule has 1 aliphatic heterocycles. The molecular weight excluding hydrogens is 360 g/mol. The number of amides is 2. The number of H-pyrrole nitrogens is 1. The number of nitrogens with one attached hydrogen (secondary N) is 1. The molecule has 0 saturated carbocycles. The summed E-state index contributed by atoms with van der Waals surface area (Å²) < 4.78 is 5.26. The highest BCUT2D eigenvalue weighted by atomic mass is 16.3. The fourth-order valence-corrected chi connectivity index (χ4v) is 3.36. The quantitative estimate of drug-likeness (QED) is 0.743. The molecule has 0 spiro atoms. The summed E-state index contributed by atoms with van der Waals surface area (Å²) in [6.45, 7) is 3.09. The third-order valence-electron chi connectivity index (χ3n) is 4.72. The summed E-state index contributed by atoms with van der Waals surface area (Å²) in [5.41, 5.74) is 0.540. The minimum Gasteiger partial charge on any atom is -0.459 e.